The van der Waals surface area contributed by atoms with Crippen molar-refractivity contribution in [3.8, 4) is 0 Å². The average molecular weight is 270 g/mol. The zero-order valence-electron chi connectivity index (χ0n) is 12.1. The quantitative estimate of drug-likeness (QED) is 0.547. The molecule has 0 aliphatic carbocycles. The molecule has 0 saturated heterocycles. The molecule has 0 aliphatic rings. The summed E-state index contributed by atoms with van der Waals surface area (Å²) >= 11 is 1.86. The van der Waals surface area contributed by atoms with Gasteiger partial charge in [-0.2, -0.15) is 5.10 Å². The summed E-state index contributed by atoms with van der Waals surface area (Å²) in [4.78, 5) is 2.44. The fourth-order valence-corrected chi connectivity index (χ4v) is 2.79. The smallest absolute Gasteiger partial charge is 0.0939 e. The summed E-state index contributed by atoms with van der Waals surface area (Å²) in [6.07, 6.45) is 0. The highest BCUT2D eigenvalue weighted by Crippen LogP contribution is 2.17. The molecule has 18 heavy (non-hydrogen) atoms. The SMILES string of the molecule is CCN(CC)CCNCCSc1cc(C)nn1C. The number of thioether (sulfide) groups is 1. The highest BCUT2D eigenvalue weighted by molar-refractivity contribution is 7.99. The third kappa shape index (κ3) is 5.42. The molecule has 1 aromatic rings. The van der Waals surface area contributed by atoms with Crippen LogP contribution in [0.4, 0.5) is 0 Å². The van der Waals surface area contributed by atoms with E-state index < -0.39 is 0 Å². The van der Waals surface area contributed by atoms with Gasteiger partial charge in [-0.15, -0.1) is 11.8 Å². The van der Waals surface area contributed by atoms with E-state index in [2.05, 4.69) is 35.2 Å². The first kappa shape index (κ1) is 15.5. The first-order valence-corrected chi connectivity index (χ1v) is 7.72. The predicted octanol–water partition coefficient (Wildman–Crippen LogP) is 1.75. The van der Waals surface area contributed by atoms with Crippen LogP contribution in [0.15, 0.2) is 11.1 Å². The second-order valence-electron chi connectivity index (χ2n) is 4.37. The maximum atomic E-state index is 4.34. The van der Waals surface area contributed by atoms with Gasteiger partial charge in [0, 0.05) is 32.4 Å². The van der Waals surface area contributed by atoms with E-state index in [1.165, 1.54) is 5.03 Å². The normalized spacial score (nSPS) is 11.4. The van der Waals surface area contributed by atoms with Gasteiger partial charge in [-0.25, -0.2) is 0 Å². The summed E-state index contributed by atoms with van der Waals surface area (Å²) in [5, 5.41) is 9.08. The lowest BCUT2D eigenvalue weighted by Gasteiger charge is -2.17. The lowest BCUT2D eigenvalue weighted by atomic mass is 10.4. The minimum atomic E-state index is 1.05. The average Bonchev–Trinajstić information content (AvgIpc) is 2.67. The second kappa shape index (κ2) is 8.56. The van der Waals surface area contributed by atoms with E-state index in [1.54, 1.807) is 0 Å². The maximum Gasteiger partial charge on any atom is 0.0939 e. The van der Waals surface area contributed by atoms with Crippen molar-refractivity contribution in [3.63, 3.8) is 0 Å². The lowest BCUT2D eigenvalue weighted by molar-refractivity contribution is 0.303. The van der Waals surface area contributed by atoms with E-state index in [0.717, 1.165) is 44.2 Å². The van der Waals surface area contributed by atoms with Crippen LogP contribution in [0.3, 0.4) is 0 Å². The lowest BCUT2D eigenvalue weighted by Crippen LogP contribution is -2.32. The monoisotopic (exact) mass is 270 g/mol. The van der Waals surface area contributed by atoms with E-state index >= 15 is 0 Å². The molecule has 1 heterocycles. The molecule has 0 aliphatic heterocycles. The van der Waals surface area contributed by atoms with Crippen LogP contribution in [0.5, 0.6) is 0 Å². The molecule has 0 bridgehead atoms. The summed E-state index contributed by atoms with van der Waals surface area (Å²) in [5.41, 5.74) is 1.09. The minimum absolute atomic E-state index is 1.05. The van der Waals surface area contributed by atoms with Crippen molar-refractivity contribution in [2.45, 2.75) is 25.8 Å². The van der Waals surface area contributed by atoms with E-state index in [4.69, 9.17) is 0 Å². The maximum absolute atomic E-state index is 4.34. The van der Waals surface area contributed by atoms with Gasteiger partial charge in [0.05, 0.1) is 10.7 Å². The number of likely N-dealkylation sites (N-methyl/N-ethyl adjacent to an activating group) is 1. The van der Waals surface area contributed by atoms with Crippen LogP contribution in [-0.2, 0) is 7.05 Å². The molecule has 4 nitrogen and oxygen atoms in total. The van der Waals surface area contributed by atoms with Gasteiger partial charge in [0.25, 0.3) is 0 Å². The molecule has 0 aromatic carbocycles. The molecule has 0 atom stereocenters. The Morgan fingerprint density at radius 1 is 1.33 bits per heavy atom. The highest BCUT2D eigenvalue weighted by Gasteiger charge is 2.02. The molecule has 0 spiro atoms. The van der Waals surface area contributed by atoms with Gasteiger partial charge in [0.15, 0.2) is 0 Å². The van der Waals surface area contributed by atoms with Crippen LogP contribution in [0.25, 0.3) is 0 Å². The number of nitrogens with zero attached hydrogens (tertiary/aromatic N) is 3. The Labute approximate surface area is 115 Å². The van der Waals surface area contributed by atoms with Crippen molar-refractivity contribution in [1.82, 2.24) is 20.0 Å². The van der Waals surface area contributed by atoms with Crippen molar-refractivity contribution in [2.24, 2.45) is 7.05 Å². The molecule has 0 fully saturated rings. The molecule has 1 rings (SSSR count). The van der Waals surface area contributed by atoms with Crippen LogP contribution >= 0.6 is 11.8 Å². The van der Waals surface area contributed by atoms with E-state index in [0.29, 0.717) is 0 Å². The van der Waals surface area contributed by atoms with Crippen molar-refractivity contribution in [3.05, 3.63) is 11.8 Å². The first-order chi connectivity index (χ1) is 8.67. The third-order valence-electron chi connectivity index (χ3n) is 2.99. The number of rotatable bonds is 9. The van der Waals surface area contributed by atoms with Crippen molar-refractivity contribution >= 4 is 11.8 Å². The Hall–Kier alpha value is -0.520. The Bertz CT molecular complexity index is 334. The van der Waals surface area contributed by atoms with Gasteiger partial charge in [0.1, 0.15) is 0 Å². The molecule has 5 heteroatoms. The van der Waals surface area contributed by atoms with Gasteiger partial charge >= 0.3 is 0 Å². The van der Waals surface area contributed by atoms with Crippen LogP contribution in [-0.4, -0.2) is 53.2 Å². The van der Waals surface area contributed by atoms with Crippen molar-refractivity contribution in [1.29, 1.82) is 0 Å². The minimum Gasteiger partial charge on any atom is -0.315 e. The molecule has 104 valence electrons. The second-order valence-corrected chi connectivity index (χ2v) is 5.49. The summed E-state index contributed by atoms with van der Waals surface area (Å²) in [7, 11) is 2.00. The van der Waals surface area contributed by atoms with Crippen LogP contribution in [0, 0.1) is 6.92 Å². The van der Waals surface area contributed by atoms with Crippen LogP contribution in [0.1, 0.15) is 19.5 Å². The molecule has 1 N–H and O–H groups in total. The molecule has 0 unspecified atom stereocenters. The van der Waals surface area contributed by atoms with Gasteiger partial charge < -0.3 is 10.2 Å². The van der Waals surface area contributed by atoms with E-state index in [1.807, 2.05) is 30.4 Å². The standard InChI is InChI=1S/C13H26N4S/c1-5-17(6-2)9-7-14-8-10-18-13-11-12(3)15-16(13)4/h11,14H,5-10H2,1-4H3. The summed E-state index contributed by atoms with van der Waals surface area (Å²) < 4.78 is 1.95. The fourth-order valence-electron chi connectivity index (χ4n) is 1.85. The zero-order valence-corrected chi connectivity index (χ0v) is 12.9. The molecule has 0 amide bonds. The Kier molecular flexibility index (Phi) is 7.39. The zero-order chi connectivity index (χ0) is 13.4. The molecule has 1 aromatic heterocycles. The summed E-state index contributed by atoms with van der Waals surface area (Å²) in [5.74, 6) is 1.09. The number of hydrogen-bond donors (Lipinski definition) is 1. The van der Waals surface area contributed by atoms with Gasteiger partial charge in [-0.05, 0) is 26.1 Å². The summed E-state index contributed by atoms with van der Waals surface area (Å²) in [6.45, 7) is 12.0. The fraction of sp³-hybridized carbons (Fsp3) is 0.769. The predicted molar refractivity (Wildman–Crippen MR) is 79.3 cm³/mol. The summed E-state index contributed by atoms with van der Waals surface area (Å²) in [6, 6.07) is 2.14. The molecule has 0 saturated carbocycles. The number of aromatic nitrogens is 2. The van der Waals surface area contributed by atoms with Crippen molar-refractivity contribution < 1.29 is 0 Å². The topological polar surface area (TPSA) is 33.1 Å². The molecular weight excluding hydrogens is 244 g/mol. The molecule has 0 radical (unpaired) electrons. The Morgan fingerprint density at radius 3 is 2.61 bits per heavy atom. The highest BCUT2D eigenvalue weighted by atomic mass is 32.2. The number of aryl methyl sites for hydroxylation is 2. The van der Waals surface area contributed by atoms with E-state index in [9.17, 15) is 0 Å². The largest absolute Gasteiger partial charge is 0.315 e. The van der Waals surface area contributed by atoms with Gasteiger partial charge in [-0.3, -0.25) is 4.68 Å². The van der Waals surface area contributed by atoms with Gasteiger partial charge in [0.2, 0.25) is 0 Å². The Morgan fingerprint density at radius 2 is 2.06 bits per heavy atom. The van der Waals surface area contributed by atoms with Crippen LogP contribution < -0.4 is 5.32 Å². The van der Waals surface area contributed by atoms with Crippen LogP contribution in [0.2, 0.25) is 0 Å². The third-order valence-corrected chi connectivity index (χ3v) is 4.07. The number of hydrogen-bond acceptors (Lipinski definition) is 4. The van der Waals surface area contributed by atoms with E-state index in [-0.39, 0.29) is 0 Å². The van der Waals surface area contributed by atoms with Crippen molar-refractivity contribution in [2.75, 3.05) is 38.5 Å². The van der Waals surface area contributed by atoms with Gasteiger partial charge in [-0.1, -0.05) is 13.8 Å². The first-order valence-electron chi connectivity index (χ1n) is 6.73. The Balaban J connectivity index is 2.07. The molecular formula is C13H26N4S. The number of nitrogens with one attached hydrogen (secondary N) is 1.